The highest BCUT2D eigenvalue weighted by molar-refractivity contribution is 7.92. The van der Waals surface area contributed by atoms with Gasteiger partial charge >= 0.3 is 0 Å². The Balaban J connectivity index is 1.61. The van der Waals surface area contributed by atoms with Gasteiger partial charge in [0.05, 0.1) is 10.5 Å². The largest absolute Gasteiger partial charge is 0.439 e. The second-order valence-corrected chi connectivity index (χ2v) is 8.98. The first-order valence-corrected chi connectivity index (χ1v) is 12.2. The number of aromatic nitrogens is 1. The van der Waals surface area contributed by atoms with Crippen LogP contribution in [-0.2, 0) is 14.8 Å². The third kappa shape index (κ3) is 6.79. The van der Waals surface area contributed by atoms with Gasteiger partial charge in [-0.2, -0.15) is 0 Å². The number of hydrogen-bond acceptors (Lipinski definition) is 6. The minimum atomic E-state index is -3.81. The van der Waals surface area contributed by atoms with Crippen molar-refractivity contribution >= 4 is 33.2 Å². The first-order chi connectivity index (χ1) is 16.3. The number of nitrogens with zero attached hydrogens (tertiary/aromatic N) is 1. The van der Waals surface area contributed by atoms with Crippen molar-refractivity contribution in [2.24, 2.45) is 0 Å². The SMILES string of the molecule is CCCNC(=O)c1ccc(Oc2ccc(NS(=O)(=O)c3ccc(NC(=O)CC)cc3)cc2)nc1. The van der Waals surface area contributed by atoms with Crippen LogP contribution in [0, 0.1) is 0 Å². The summed E-state index contributed by atoms with van der Waals surface area (Å²) in [6, 6.07) is 15.4. The van der Waals surface area contributed by atoms with Gasteiger partial charge in [0.1, 0.15) is 5.75 Å². The maximum absolute atomic E-state index is 12.6. The normalized spacial score (nSPS) is 10.9. The van der Waals surface area contributed by atoms with Crippen molar-refractivity contribution in [2.45, 2.75) is 31.6 Å². The van der Waals surface area contributed by atoms with Crippen LogP contribution in [0.15, 0.2) is 71.8 Å². The third-order valence-electron chi connectivity index (χ3n) is 4.63. The Labute approximate surface area is 198 Å². The lowest BCUT2D eigenvalue weighted by atomic mass is 10.2. The number of carbonyl (C=O) groups excluding carboxylic acids is 2. The van der Waals surface area contributed by atoms with Crippen molar-refractivity contribution in [3.63, 3.8) is 0 Å². The van der Waals surface area contributed by atoms with Gasteiger partial charge in [-0.15, -0.1) is 0 Å². The molecule has 0 bridgehead atoms. The maximum Gasteiger partial charge on any atom is 0.261 e. The molecule has 0 saturated carbocycles. The van der Waals surface area contributed by atoms with Crippen LogP contribution in [0.25, 0.3) is 0 Å². The molecule has 3 rings (SSSR count). The van der Waals surface area contributed by atoms with E-state index in [0.717, 1.165) is 6.42 Å². The van der Waals surface area contributed by atoms with Crippen LogP contribution in [0.5, 0.6) is 11.6 Å². The molecule has 0 aliphatic carbocycles. The molecular formula is C24H26N4O5S. The Morgan fingerprint density at radius 2 is 1.59 bits per heavy atom. The molecule has 1 aromatic heterocycles. The molecule has 0 radical (unpaired) electrons. The zero-order chi connectivity index (χ0) is 24.6. The molecule has 2 amide bonds. The summed E-state index contributed by atoms with van der Waals surface area (Å²) in [4.78, 5) is 27.6. The fourth-order valence-corrected chi connectivity index (χ4v) is 3.87. The van der Waals surface area contributed by atoms with Crippen LogP contribution < -0.4 is 20.1 Å². The van der Waals surface area contributed by atoms with Gasteiger partial charge in [0.25, 0.3) is 15.9 Å². The Kier molecular flexibility index (Phi) is 8.20. The molecular weight excluding hydrogens is 456 g/mol. The van der Waals surface area contributed by atoms with E-state index in [2.05, 4.69) is 20.3 Å². The molecule has 0 unspecified atom stereocenters. The van der Waals surface area contributed by atoms with E-state index in [1.54, 1.807) is 43.3 Å². The van der Waals surface area contributed by atoms with E-state index in [-0.39, 0.29) is 16.7 Å². The van der Waals surface area contributed by atoms with E-state index in [1.165, 1.54) is 30.5 Å². The van der Waals surface area contributed by atoms with Crippen molar-refractivity contribution in [2.75, 3.05) is 16.6 Å². The van der Waals surface area contributed by atoms with Gasteiger partial charge in [0.15, 0.2) is 0 Å². The molecule has 9 nitrogen and oxygen atoms in total. The molecule has 10 heteroatoms. The number of amides is 2. The summed E-state index contributed by atoms with van der Waals surface area (Å²) in [6.07, 6.45) is 2.61. The van der Waals surface area contributed by atoms with Gasteiger partial charge in [0.2, 0.25) is 11.8 Å². The van der Waals surface area contributed by atoms with Crippen molar-refractivity contribution in [1.29, 1.82) is 0 Å². The molecule has 0 saturated heterocycles. The zero-order valence-electron chi connectivity index (χ0n) is 18.9. The van der Waals surface area contributed by atoms with Gasteiger partial charge in [-0.05, 0) is 61.0 Å². The summed E-state index contributed by atoms with van der Waals surface area (Å²) in [5.74, 6) is 0.405. The number of hydrogen-bond donors (Lipinski definition) is 3. The molecule has 0 aliphatic rings. The highest BCUT2D eigenvalue weighted by Gasteiger charge is 2.14. The minimum absolute atomic E-state index is 0.0644. The lowest BCUT2D eigenvalue weighted by Gasteiger charge is -2.10. The average molecular weight is 483 g/mol. The maximum atomic E-state index is 12.6. The van der Waals surface area contributed by atoms with Crippen LogP contribution in [0.1, 0.15) is 37.0 Å². The van der Waals surface area contributed by atoms with E-state index in [0.29, 0.717) is 41.5 Å². The standard InChI is InChI=1S/C24H26N4O5S/c1-3-15-25-24(30)17-5-14-23(26-16-17)33-20-10-6-19(7-11-20)28-34(31,32)21-12-8-18(9-13-21)27-22(29)4-2/h5-14,16,28H,3-4,15H2,1-2H3,(H,25,30)(H,27,29). The van der Waals surface area contributed by atoms with Crippen LogP contribution in [0.2, 0.25) is 0 Å². The molecule has 3 aromatic rings. The molecule has 34 heavy (non-hydrogen) atoms. The predicted molar refractivity (Wildman–Crippen MR) is 130 cm³/mol. The van der Waals surface area contributed by atoms with E-state index in [1.807, 2.05) is 6.92 Å². The Bertz CT molecular complexity index is 1230. The van der Waals surface area contributed by atoms with Gasteiger partial charge in [-0.25, -0.2) is 13.4 Å². The van der Waals surface area contributed by atoms with E-state index < -0.39 is 10.0 Å². The Hall–Kier alpha value is -3.92. The Morgan fingerprint density at radius 3 is 2.18 bits per heavy atom. The predicted octanol–water partition coefficient (Wildman–Crippen LogP) is 4.16. The van der Waals surface area contributed by atoms with Gasteiger partial charge < -0.3 is 15.4 Å². The van der Waals surface area contributed by atoms with E-state index in [9.17, 15) is 18.0 Å². The summed E-state index contributed by atoms with van der Waals surface area (Å²) < 4.78 is 33.5. The molecule has 0 aliphatic heterocycles. The topological polar surface area (TPSA) is 126 Å². The van der Waals surface area contributed by atoms with Crippen molar-refractivity contribution in [3.8, 4) is 11.6 Å². The number of anilines is 2. The molecule has 3 N–H and O–H groups in total. The lowest BCUT2D eigenvalue weighted by molar-refractivity contribution is -0.115. The van der Waals surface area contributed by atoms with Crippen molar-refractivity contribution in [1.82, 2.24) is 10.3 Å². The third-order valence-corrected chi connectivity index (χ3v) is 6.03. The molecule has 1 heterocycles. The first-order valence-electron chi connectivity index (χ1n) is 10.8. The number of sulfonamides is 1. The number of rotatable bonds is 10. The average Bonchev–Trinajstić information content (AvgIpc) is 2.84. The number of ether oxygens (including phenoxy) is 1. The van der Waals surface area contributed by atoms with Gasteiger partial charge in [-0.3, -0.25) is 14.3 Å². The van der Waals surface area contributed by atoms with Crippen molar-refractivity contribution < 1.29 is 22.7 Å². The number of nitrogens with one attached hydrogen (secondary N) is 3. The van der Waals surface area contributed by atoms with E-state index in [4.69, 9.17) is 4.74 Å². The highest BCUT2D eigenvalue weighted by Crippen LogP contribution is 2.24. The first kappa shape index (κ1) is 24.7. The number of benzene rings is 2. The summed E-state index contributed by atoms with van der Waals surface area (Å²) in [6.45, 7) is 4.30. The van der Waals surface area contributed by atoms with Crippen LogP contribution >= 0.6 is 0 Å². The highest BCUT2D eigenvalue weighted by atomic mass is 32.2. The second-order valence-electron chi connectivity index (χ2n) is 7.30. The molecule has 0 fully saturated rings. The summed E-state index contributed by atoms with van der Waals surface area (Å²) in [7, 11) is -3.81. The quantitative estimate of drug-likeness (QED) is 0.398. The van der Waals surface area contributed by atoms with Gasteiger partial charge in [0, 0.05) is 36.6 Å². The summed E-state index contributed by atoms with van der Waals surface area (Å²) in [5, 5.41) is 5.44. The van der Waals surface area contributed by atoms with E-state index >= 15 is 0 Å². The van der Waals surface area contributed by atoms with Crippen LogP contribution in [0.3, 0.4) is 0 Å². The smallest absolute Gasteiger partial charge is 0.261 e. The fourth-order valence-electron chi connectivity index (χ4n) is 2.81. The minimum Gasteiger partial charge on any atom is -0.439 e. The fraction of sp³-hybridized carbons (Fsp3) is 0.208. The molecule has 2 aromatic carbocycles. The molecule has 0 atom stereocenters. The Morgan fingerprint density at radius 1 is 0.912 bits per heavy atom. The van der Waals surface area contributed by atoms with Crippen LogP contribution in [0.4, 0.5) is 11.4 Å². The monoisotopic (exact) mass is 482 g/mol. The van der Waals surface area contributed by atoms with Crippen molar-refractivity contribution in [3.05, 3.63) is 72.4 Å². The van der Waals surface area contributed by atoms with Gasteiger partial charge in [-0.1, -0.05) is 13.8 Å². The summed E-state index contributed by atoms with van der Waals surface area (Å²) >= 11 is 0. The molecule has 178 valence electrons. The zero-order valence-corrected chi connectivity index (χ0v) is 19.7. The number of pyridine rings is 1. The number of carbonyl (C=O) groups is 2. The lowest BCUT2D eigenvalue weighted by Crippen LogP contribution is -2.23. The molecule has 0 spiro atoms. The summed E-state index contributed by atoms with van der Waals surface area (Å²) in [5.41, 5.74) is 1.31. The second kappa shape index (κ2) is 11.3. The van der Waals surface area contributed by atoms with Crippen LogP contribution in [-0.4, -0.2) is 31.8 Å².